The number of hydrogen-bond acceptors (Lipinski definition) is 3. The van der Waals surface area contributed by atoms with E-state index in [4.69, 9.17) is 9.47 Å². The summed E-state index contributed by atoms with van der Waals surface area (Å²) in [6.45, 7) is 0. The van der Waals surface area contributed by atoms with Gasteiger partial charge in [0.25, 0.3) is 0 Å². The molecule has 4 bridgehead atoms. The monoisotopic (exact) mass is 300 g/mol. The predicted octanol–water partition coefficient (Wildman–Crippen LogP) is 3.98. The van der Waals surface area contributed by atoms with Gasteiger partial charge in [-0.25, -0.2) is 0 Å². The first-order valence-electron chi connectivity index (χ1n) is 8.39. The maximum absolute atomic E-state index is 11.4. The van der Waals surface area contributed by atoms with Crippen LogP contribution in [0, 0.1) is 17.8 Å². The minimum Gasteiger partial charge on any atom is -0.493 e. The SMILES string of the molecule is COc1cc(C=O)cc(C23CC4CC(CC(C4)C2)C3)c1OC. The molecule has 0 amide bonds. The van der Waals surface area contributed by atoms with Crippen LogP contribution in [0.2, 0.25) is 0 Å². The molecule has 0 radical (unpaired) electrons. The molecule has 4 fully saturated rings. The van der Waals surface area contributed by atoms with Crippen molar-refractivity contribution >= 4 is 6.29 Å². The summed E-state index contributed by atoms with van der Waals surface area (Å²) in [6.07, 6.45) is 8.90. The number of methoxy groups -OCH3 is 2. The van der Waals surface area contributed by atoms with E-state index < -0.39 is 0 Å². The molecular formula is C19H24O3. The molecule has 3 heteroatoms. The highest BCUT2D eigenvalue weighted by atomic mass is 16.5. The van der Waals surface area contributed by atoms with Crippen molar-refractivity contribution in [3.8, 4) is 11.5 Å². The fourth-order valence-electron chi connectivity index (χ4n) is 5.89. The largest absolute Gasteiger partial charge is 0.493 e. The molecule has 0 spiro atoms. The van der Waals surface area contributed by atoms with Crippen molar-refractivity contribution in [2.45, 2.75) is 43.9 Å². The molecule has 118 valence electrons. The lowest BCUT2D eigenvalue weighted by molar-refractivity contribution is -0.00630. The fourth-order valence-corrected chi connectivity index (χ4v) is 5.89. The number of aldehydes is 1. The summed E-state index contributed by atoms with van der Waals surface area (Å²) in [4.78, 5) is 11.4. The maximum Gasteiger partial charge on any atom is 0.164 e. The van der Waals surface area contributed by atoms with E-state index in [0.29, 0.717) is 11.3 Å². The van der Waals surface area contributed by atoms with Gasteiger partial charge in [0.2, 0.25) is 0 Å². The van der Waals surface area contributed by atoms with Gasteiger partial charge in [0.05, 0.1) is 14.2 Å². The molecule has 1 aromatic rings. The van der Waals surface area contributed by atoms with Gasteiger partial charge in [-0.15, -0.1) is 0 Å². The topological polar surface area (TPSA) is 35.5 Å². The highest BCUT2D eigenvalue weighted by Crippen LogP contribution is 2.62. The quantitative estimate of drug-likeness (QED) is 0.789. The van der Waals surface area contributed by atoms with Crippen LogP contribution in [0.15, 0.2) is 12.1 Å². The van der Waals surface area contributed by atoms with Crippen LogP contribution in [0.3, 0.4) is 0 Å². The summed E-state index contributed by atoms with van der Waals surface area (Å²) in [5, 5.41) is 0. The Morgan fingerprint density at radius 3 is 2.05 bits per heavy atom. The van der Waals surface area contributed by atoms with Gasteiger partial charge in [0.15, 0.2) is 11.5 Å². The van der Waals surface area contributed by atoms with Gasteiger partial charge in [-0.2, -0.15) is 0 Å². The summed E-state index contributed by atoms with van der Waals surface area (Å²) in [7, 11) is 3.36. The van der Waals surface area contributed by atoms with E-state index in [9.17, 15) is 4.79 Å². The number of benzene rings is 1. The Morgan fingerprint density at radius 2 is 1.59 bits per heavy atom. The third-order valence-electron chi connectivity index (χ3n) is 6.25. The maximum atomic E-state index is 11.4. The van der Waals surface area contributed by atoms with Gasteiger partial charge in [-0.1, -0.05) is 0 Å². The van der Waals surface area contributed by atoms with E-state index in [-0.39, 0.29) is 5.41 Å². The van der Waals surface area contributed by atoms with Gasteiger partial charge in [0.1, 0.15) is 6.29 Å². The van der Waals surface area contributed by atoms with Crippen molar-refractivity contribution in [2.75, 3.05) is 14.2 Å². The first-order valence-corrected chi connectivity index (χ1v) is 8.39. The minimum atomic E-state index is 0.201. The van der Waals surface area contributed by atoms with Gasteiger partial charge >= 0.3 is 0 Å². The first-order chi connectivity index (χ1) is 10.7. The third-order valence-corrected chi connectivity index (χ3v) is 6.25. The molecule has 0 heterocycles. The zero-order chi connectivity index (χ0) is 15.3. The van der Waals surface area contributed by atoms with Crippen molar-refractivity contribution in [1.82, 2.24) is 0 Å². The Morgan fingerprint density at radius 1 is 1.00 bits per heavy atom. The Labute approximate surface area is 132 Å². The molecule has 22 heavy (non-hydrogen) atoms. The lowest BCUT2D eigenvalue weighted by Crippen LogP contribution is -2.48. The van der Waals surface area contributed by atoms with Crippen LogP contribution in [0.5, 0.6) is 11.5 Å². The molecule has 4 saturated carbocycles. The normalized spacial score (nSPS) is 35.5. The molecule has 0 N–H and O–H groups in total. The molecule has 0 aromatic heterocycles. The Kier molecular flexibility index (Phi) is 3.21. The average molecular weight is 300 g/mol. The van der Waals surface area contributed by atoms with Gasteiger partial charge in [-0.3, -0.25) is 4.79 Å². The summed E-state index contributed by atoms with van der Waals surface area (Å²) in [6, 6.07) is 3.84. The lowest BCUT2D eigenvalue weighted by atomic mass is 9.48. The van der Waals surface area contributed by atoms with E-state index >= 15 is 0 Å². The molecule has 0 unspecified atom stereocenters. The molecule has 0 atom stereocenters. The number of rotatable bonds is 4. The van der Waals surface area contributed by atoms with Gasteiger partial charge in [0, 0.05) is 11.1 Å². The number of carbonyl (C=O) groups is 1. The van der Waals surface area contributed by atoms with Crippen LogP contribution >= 0.6 is 0 Å². The zero-order valence-electron chi connectivity index (χ0n) is 13.4. The van der Waals surface area contributed by atoms with E-state index in [0.717, 1.165) is 29.8 Å². The van der Waals surface area contributed by atoms with Gasteiger partial charge in [-0.05, 0) is 73.8 Å². The van der Waals surface area contributed by atoms with Gasteiger partial charge < -0.3 is 9.47 Å². The van der Waals surface area contributed by atoms with Crippen molar-refractivity contribution in [3.63, 3.8) is 0 Å². The predicted molar refractivity (Wildman–Crippen MR) is 84.8 cm³/mol. The summed E-state index contributed by atoms with van der Waals surface area (Å²) in [5.74, 6) is 4.12. The van der Waals surface area contributed by atoms with Crippen LogP contribution < -0.4 is 9.47 Å². The van der Waals surface area contributed by atoms with E-state index in [2.05, 4.69) is 6.07 Å². The lowest BCUT2D eigenvalue weighted by Gasteiger charge is -2.57. The van der Waals surface area contributed by atoms with Crippen LogP contribution in [-0.2, 0) is 5.41 Å². The van der Waals surface area contributed by atoms with Crippen LogP contribution in [0.25, 0.3) is 0 Å². The second kappa shape index (κ2) is 5.00. The van der Waals surface area contributed by atoms with Crippen molar-refractivity contribution in [1.29, 1.82) is 0 Å². The van der Waals surface area contributed by atoms with Crippen LogP contribution in [0.4, 0.5) is 0 Å². The van der Waals surface area contributed by atoms with Crippen LogP contribution in [-0.4, -0.2) is 20.5 Å². The highest BCUT2D eigenvalue weighted by molar-refractivity contribution is 5.78. The van der Waals surface area contributed by atoms with E-state index in [1.165, 1.54) is 44.1 Å². The summed E-state index contributed by atoms with van der Waals surface area (Å²) < 4.78 is 11.2. The molecule has 0 aliphatic heterocycles. The molecular weight excluding hydrogens is 276 g/mol. The average Bonchev–Trinajstić information content (AvgIpc) is 2.52. The zero-order valence-corrected chi connectivity index (χ0v) is 13.4. The smallest absolute Gasteiger partial charge is 0.164 e. The number of ether oxygens (including phenoxy) is 2. The number of carbonyl (C=O) groups excluding carboxylic acids is 1. The molecule has 4 aliphatic rings. The first kappa shape index (κ1) is 14.1. The molecule has 0 saturated heterocycles. The van der Waals surface area contributed by atoms with Crippen molar-refractivity contribution in [3.05, 3.63) is 23.3 Å². The molecule has 4 aliphatic carbocycles. The molecule has 1 aromatic carbocycles. The molecule has 5 rings (SSSR count). The van der Waals surface area contributed by atoms with E-state index in [1.807, 2.05) is 0 Å². The van der Waals surface area contributed by atoms with Crippen molar-refractivity contribution < 1.29 is 14.3 Å². The third kappa shape index (κ3) is 1.98. The van der Waals surface area contributed by atoms with Crippen LogP contribution in [0.1, 0.15) is 54.4 Å². The summed E-state index contributed by atoms with van der Waals surface area (Å²) in [5.41, 5.74) is 2.12. The summed E-state index contributed by atoms with van der Waals surface area (Å²) >= 11 is 0. The Hall–Kier alpha value is -1.51. The second-order valence-electron chi connectivity index (χ2n) is 7.62. The highest BCUT2D eigenvalue weighted by Gasteiger charge is 2.52. The number of hydrogen-bond donors (Lipinski definition) is 0. The Balaban J connectivity index is 1.86. The molecule has 3 nitrogen and oxygen atoms in total. The Bertz CT molecular complexity index is 570. The van der Waals surface area contributed by atoms with Crippen molar-refractivity contribution in [2.24, 2.45) is 17.8 Å². The second-order valence-corrected chi connectivity index (χ2v) is 7.62. The van der Waals surface area contributed by atoms with E-state index in [1.54, 1.807) is 20.3 Å². The standard InChI is InChI=1S/C19H24O3/c1-21-17-7-15(11-20)6-16(18(17)22-2)19-8-12-3-13(9-19)5-14(4-12)10-19/h6-7,11-14H,3-5,8-10H2,1-2H3. The minimum absolute atomic E-state index is 0.201. The fraction of sp³-hybridized carbons (Fsp3) is 0.632.